The highest BCUT2D eigenvalue weighted by atomic mass is 127. The van der Waals surface area contributed by atoms with Crippen LogP contribution in [0.3, 0.4) is 0 Å². The Morgan fingerprint density at radius 2 is 1.83 bits per heavy atom. The molecule has 3 rings (SSSR count). The molecule has 6 heteroatoms. The van der Waals surface area contributed by atoms with Crippen LogP contribution >= 0.6 is 24.0 Å². The molecule has 2 aromatic rings. The lowest BCUT2D eigenvalue weighted by Gasteiger charge is -2.22. The van der Waals surface area contributed by atoms with Gasteiger partial charge in [-0.25, -0.2) is 0 Å². The SMILES string of the molecule is I.c1ccc(CCNC(=NCCCC2CCCCO2)NCCc2ccco2)cc1. The molecule has 1 fully saturated rings. The van der Waals surface area contributed by atoms with E-state index in [4.69, 9.17) is 14.1 Å². The van der Waals surface area contributed by atoms with E-state index in [1.165, 1.54) is 24.8 Å². The summed E-state index contributed by atoms with van der Waals surface area (Å²) in [6, 6.07) is 14.5. The van der Waals surface area contributed by atoms with Gasteiger partial charge in [0.15, 0.2) is 5.96 Å². The van der Waals surface area contributed by atoms with E-state index in [0.717, 1.165) is 63.6 Å². The Hall–Kier alpha value is -1.54. The first-order valence-corrected chi connectivity index (χ1v) is 10.6. The Labute approximate surface area is 191 Å². The number of hydrogen-bond donors (Lipinski definition) is 2. The molecule has 0 amide bonds. The largest absolute Gasteiger partial charge is 0.469 e. The van der Waals surface area contributed by atoms with Gasteiger partial charge in [0.1, 0.15) is 5.76 Å². The molecule has 1 unspecified atom stereocenters. The molecule has 2 heterocycles. The summed E-state index contributed by atoms with van der Waals surface area (Å²) in [5.41, 5.74) is 1.33. The van der Waals surface area contributed by atoms with Crippen molar-refractivity contribution < 1.29 is 9.15 Å². The topological polar surface area (TPSA) is 58.8 Å². The number of benzene rings is 1. The second kappa shape index (κ2) is 14.4. The maximum absolute atomic E-state index is 5.81. The van der Waals surface area contributed by atoms with Gasteiger partial charge in [0.05, 0.1) is 12.4 Å². The molecule has 5 nitrogen and oxygen atoms in total. The molecule has 0 bridgehead atoms. The van der Waals surface area contributed by atoms with Crippen molar-refractivity contribution in [2.24, 2.45) is 4.99 Å². The van der Waals surface area contributed by atoms with Gasteiger partial charge in [-0.1, -0.05) is 30.3 Å². The third-order valence-corrected chi connectivity index (χ3v) is 5.02. The maximum Gasteiger partial charge on any atom is 0.191 e. The lowest BCUT2D eigenvalue weighted by atomic mass is 10.1. The summed E-state index contributed by atoms with van der Waals surface area (Å²) in [7, 11) is 0. The quantitative estimate of drug-likeness (QED) is 0.213. The average molecular weight is 511 g/mol. The number of nitrogens with one attached hydrogen (secondary N) is 2. The standard InChI is InChI=1S/C23H33N3O2.HI/c1-2-8-20(9-3-1)13-16-25-23(26-17-14-22-12-7-19-28-22)24-15-6-11-21-10-4-5-18-27-21;/h1-3,7-9,12,19,21H,4-6,10-11,13-18H2,(H2,24,25,26);1H. The third-order valence-electron chi connectivity index (χ3n) is 5.02. The van der Waals surface area contributed by atoms with Crippen LogP contribution in [-0.4, -0.2) is 38.3 Å². The van der Waals surface area contributed by atoms with Crippen LogP contribution in [0.4, 0.5) is 0 Å². The molecular formula is C23H34IN3O2. The average Bonchev–Trinajstić information content (AvgIpc) is 3.26. The number of aliphatic imine (C=N–C) groups is 1. The molecule has 29 heavy (non-hydrogen) atoms. The number of guanidine groups is 1. The molecule has 1 aliphatic rings. The van der Waals surface area contributed by atoms with Gasteiger partial charge in [0.2, 0.25) is 0 Å². The van der Waals surface area contributed by atoms with Crippen LogP contribution in [-0.2, 0) is 17.6 Å². The second-order valence-electron chi connectivity index (χ2n) is 7.28. The maximum atomic E-state index is 5.81. The van der Waals surface area contributed by atoms with Crippen LogP contribution in [0.5, 0.6) is 0 Å². The Morgan fingerprint density at radius 3 is 2.55 bits per heavy atom. The molecule has 1 atom stereocenters. The third kappa shape index (κ3) is 9.67. The molecule has 1 aromatic carbocycles. The van der Waals surface area contributed by atoms with Crippen molar-refractivity contribution in [3.8, 4) is 0 Å². The molecule has 1 aliphatic heterocycles. The van der Waals surface area contributed by atoms with E-state index in [2.05, 4.69) is 41.0 Å². The fourth-order valence-electron chi connectivity index (χ4n) is 3.45. The minimum absolute atomic E-state index is 0. The summed E-state index contributed by atoms with van der Waals surface area (Å²) >= 11 is 0. The number of nitrogens with zero attached hydrogens (tertiary/aromatic N) is 1. The van der Waals surface area contributed by atoms with E-state index >= 15 is 0 Å². The van der Waals surface area contributed by atoms with Gasteiger partial charge >= 0.3 is 0 Å². The summed E-state index contributed by atoms with van der Waals surface area (Å²) in [4.78, 5) is 4.77. The highest BCUT2D eigenvalue weighted by Crippen LogP contribution is 2.16. The predicted octanol–water partition coefficient (Wildman–Crippen LogP) is 4.57. The predicted molar refractivity (Wildman–Crippen MR) is 129 cm³/mol. The zero-order chi connectivity index (χ0) is 19.3. The van der Waals surface area contributed by atoms with Gasteiger partial charge in [-0.3, -0.25) is 4.99 Å². The Balaban J connectivity index is 0.00000300. The second-order valence-corrected chi connectivity index (χ2v) is 7.28. The van der Waals surface area contributed by atoms with Gasteiger partial charge in [0, 0.05) is 32.7 Å². The molecule has 2 N–H and O–H groups in total. The summed E-state index contributed by atoms with van der Waals surface area (Å²) in [6.45, 7) is 3.41. The zero-order valence-electron chi connectivity index (χ0n) is 17.1. The highest BCUT2D eigenvalue weighted by molar-refractivity contribution is 14.0. The zero-order valence-corrected chi connectivity index (χ0v) is 19.5. The number of rotatable bonds is 10. The van der Waals surface area contributed by atoms with Gasteiger partial charge in [-0.05, 0) is 56.2 Å². The van der Waals surface area contributed by atoms with Crippen molar-refractivity contribution in [2.45, 2.75) is 51.0 Å². The fraction of sp³-hybridized carbons (Fsp3) is 0.522. The van der Waals surface area contributed by atoms with Crippen LogP contribution < -0.4 is 10.6 Å². The van der Waals surface area contributed by atoms with Crippen LogP contribution in [0, 0.1) is 0 Å². The van der Waals surface area contributed by atoms with Crippen LogP contribution in [0.2, 0.25) is 0 Å². The monoisotopic (exact) mass is 511 g/mol. The summed E-state index contributed by atoms with van der Waals surface area (Å²) in [5, 5.41) is 6.89. The Kier molecular flexibility index (Phi) is 11.8. The van der Waals surface area contributed by atoms with Crippen molar-refractivity contribution in [3.05, 3.63) is 60.1 Å². The molecular weight excluding hydrogens is 477 g/mol. The van der Waals surface area contributed by atoms with Crippen molar-refractivity contribution >= 4 is 29.9 Å². The van der Waals surface area contributed by atoms with E-state index < -0.39 is 0 Å². The number of ether oxygens (including phenoxy) is 1. The van der Waals surface area contributed by atoms with E-state index in [1.807, 2.05) is 12.1 Å². The smallest absolute Gasteiger partial charge is 0.191 e. The van der Waals surface area contributed by atoms with E-state index in [0.29, 0.717) is 6.10 Å². The molecule has 1 aromatic heterocycles. The molecule has 160 valence electrons. The summed E-state index contributed by atoms with van der Waals surface area (Å²) < 4.78 is 11.2. The van der Waals surface area contributed by atoms with Crippen molar-refractivity contribution in [1.82, 2.24) is 10.6 Å². The van der Waals surface area contributed by atoms with Crippen molar-refractivity contribution in [3.63, 3.8) is 0 Å². The summed E-state index contributed by atoms with van der Waals surface area (Å²) in [6.07, 6.45) is 9.87. The fourth-order valence-corrected chi connectivity index (χ4v) is 3.45. The molecule has 0 saturated carbocycles. The van der Waals surface area contributed by atoms with Gasteiger partial charge in [0.25, 0.3) is 0 Å². The normalized spacial score (nSPS) is 16.8. The first-order chi connectivity index (χ1) is 13.9. The highest BCUT2D eigenvalue weighted by Gasteiger charge is 2.12. The number of hydrogen-bond acceptors (Lipinski definition) is 3. The molecule has 0 aliphatic carbocycles. The first kappa shape index (κ1) is 23.7. The molecule has 0 radical (unpaired) electrons. The summed E-state index contributed by atoms with van der Waals surface area (Å²) in [5.74, 6) is 1.87. The van der Waals surface area contributed by atoms with Crippen LogP contribution in [0.15, 0.2) is 58.1 Å². The van der Waals surface area contributed by atoms with Gasteiger partial charge < -0.3 is 19.8 Å². The number of halogens is 1. The lowest BCUT2D eigenvalue weighted by molar-refractivity contribution is 0.0105. The Morgan fingerprint density at radius 1 is 1.00 bits per heavy atom. The minimum Gasteiger partial charge on any atom is -0.469 e. The van der Waals surface area contributed by atoms with Crippen molar-refractivity contribution in [1.29, 1.82) is 0 Å². The lowest BCUT2D eigenvalue weighted by Crippen LogP contribution is -2.39. The van der Waals surface area contributed by atoms with Crippen LogP contribution in [0.25, 0.3) is 0 Å². The molecule has 1 saturated heterocycles. The Bertz CT molecular complexity index is 671. The minimum atomic E-state index is 0. The van der Waals surface area contributed by atoms with E-state index in [9.17, 15) is 0 Å². The van der Waals surface area contributed by atoms with Crippen LogP contribution in [0.1, 0.15) is 43.4 Å². The number of furan rings is 1. The van der Waals surface area contributed by atoms with E-state index in [-0.39, 0.29) is 24.0 Å². The van der Waals surface area contributed by atoms with E-state index in [1.54, 1.807) is 6.26 Å². The van der Waals surface area contributed by atoms with Crippen molar-refractivity contribution in [2.75, 3.05) is 26.2 Å². The molecule has 0 spiro atoms. The van der Waals surface area contributed by atoms with Gasteiger partial charge in [-0.15, -0.1) is 24.0 Å². The van der Waals surface area contributed by atoms with Gasteiger partial charge in [-0.2, -0.15) is 0 Å². The first-order valence-electron chi connectivity index (χ1n) is 10.6.